The van der Waals surface area contributed by atoms with Crippen molar-refractivity contribution in [1.29, 1.82) is 0 Å². The van der Waals surface area contributed by atoms with E-state index in [9.17, 15) is 9.90 Å². The third kappa shape index (κ3) is 1.88. The van der Waals surface area contributed by atoms with Gasteiger partial charge in [0.25, 0.3) is 0 Å². The van der Waals surface area contributed by atoms with Crippen LogP contribution in [-0.4, -0.2) is 16.5 Å². The number of fused-ring (bicyclic) bond motifs is 5. The van der Waals surface area contributed by atoms with Crippen LogP contribution in [0, 0.1) is 28.6 Å². The summed E-state index contributed by atoms with van der Waals surface area (Å²) in [5, 5.41) is 11.4. The maximum absolute atomic E-state index is 12.0. The summed E-state index contributed by atoms with van der Waals surface area (Å²) < 4.78 is 0. The largest absolute Gasteiger partial charge is 0.390 e. The van der Waals surface area contributed by atoms with Gasteiger partial charge in [0.15, 0.2) is 5.78 Å². The molecule has 2 nitrogen and oxygen atoms in total. The monoisotopic (exact) mass is 334 g/mol. The van der Waals surface area contributed by atoms with Crippen molar-refractivity contribution in [3.8, 4) is 0 Å². The molecule has 0 aromatic heterocycles. The average Bonchev–Trinajstić information content (AvgIpc) is 2.74. The second-order valence-electron chi connectivity index (χ2n) is 8.96. The molecule has 0 aliphatic heterocycles. The van der Waals surface area contributed by atoms with Crippen LogP contribution < -0.4 is 0 Å². The lowest BCUT2D eigenvalue weighted by Gasteiger charge is -2.58. The van der Waals surface area contributed by atoms with Crippen LogP contribution in [0.1, 0.15) is 59.3 Å². The lowest BCUT2D eigenvalue weighted by Crippen LogP contribution is -2.53. The fraction of sp³-hybridized carbons (Fsp3) is 0.750. The summed E-state index contributed by atoms with van der Waals surface area (Å²) >= 11 is 6.38. The third-order valence-electron chi connectivity index (χ3n) is 8.21. The van der Waals surface area contributed by atoms with Crippen LogP contribution in [-0.2, 0) is 4.79 Å². The Bertz CT molecular complexity index is 632. The van der Waals surface area contributed by atoms with Crippen molar-refractivity contribution in [2.75, 3.05) is 0 Å². The van der Waals surface area contributed by atoms with E-state index in [4.69, 9.17) is 11.6 Å². The number of aliphatic hydroxyl groups is 1. The predicted molar refractivity (Wildman–Crippen MR) is 92.0 cm³/mol. The minimum Gasteiger partial charge on any atom is -0.390 e. The number of hydrogen-bond acceptors (Lipinski definition) is 2. The van der Waals surface area contributed by atoms with Crippen LogP contribution >= 0.6 is 11.6 Å². The normalized spacial score (nSPS) is 52.2. The molecule has 0 unspecified atom stereocenters. The molecule has 3 heteroatoms. The molecule has 0 radical (unpaired) electrons. The molecule has 0 spiro atoms. The van der Waals surface area contributed by atoms with E-state index in [1.807, 2.05) is 6.92 Å². The van der Waals surface area contributed by atoms with Gasteiger partial charge in [-0.2, -0.15) is 0 Å². The van der Waals surface area contributed by atoms with Crippen molar-refractivity contribution in [1.82, 2.24) is 0 Å². The smallest absolute Gasteiger partial charge is 0.196 e. The van der Waals surface area contributed by atoms with Gasteiger partial charge in [-0.05, 0) is 80.3 Å². The van der Waals surface area contributed by atoms with E-state index in [0.717, 1.165) is 38.5 Å². The van der Waals surface area contributed by atoms with Crippen LogP contribution in [0.5, 0.6) is 0 Å². The highest BCUT2D eigenvalue weighted by Crippen LogP contribution is 2.67. The van der Waals surface area contributed by atoms with Crippen molar-refractivity contribution in [2.45, 2.75) is 64.9 Å². The van der Waals surface area contributed by atoms with Gasteiger partial charge in [-0.3, -0.25) is 4.79 Å². The number of rotatable bonds is 0. The molecule has 4 rings (SSSR count). The van der Waals surface area contributed by atoms with Crippen LogP contribution in [0.3, 0.4) is 0 Å². The molecular formula is C20H27ClO2. The third-order valence-corrected chi connectivity index (χ3v) is 8.62. The summed E-state index contributed by atoms with van der Waals surface area (Å²) in [5.74, 6) is 1.76. The topological polar surface area (TPSA) is 37.3 Å². The Hall–Kier alpha value is -0.600. The Morgan fingerprint density at radius 1 is 1.13 bits per heavy atom. The average molecular weight is 335 g/mol. The molecule has 126 valence electrons. The van der Waals surface area contributed by atoms with Crippen molar-refractivity contribution in [2.24, 2.45) is 28.6 Å². The molecule has 0 bridgehead atoms. The lowest BCUT2D eigenvalue weighted by molar-refractivity contribution is -0.114. The minimum atomic E-state index is -0.532. The first-order chi connectivity index (χ1) is 10.7. The Labute approximate surface area is 144 Å². The number of allylic oxidation sites excluding steroid dienone is 4. The predicted octanol–water partition coefficient (Wildman–Crippen LogP) is 4.61. The van der Waals surface area contributed by atoms with Crippen molar-refractivity contribution < 1.29 is 9.90 Å². The molecule has 0 aromatic carbocycles. The first kappa shape index (κ1) is 15.9. The highest BCUT2D eigenvalue weighted by atomic mass is 35.5. The van der Waals surface area contributed by atoms with Crippen LogP contribution in [0.15, 0.2) is 22.8 Å². The van der Waals surface area contributed by atoms with E-state index in [0.29, 0.717) is 22.8 Å². The van der Waals surface area contributed by atoms with Crippen LogP contribution in [0.4, 0.5) is 0 Å². The zero-order valence-corrected chi connectivity index (χ0v) is 15.1. The van der Waals surface area contributed by atoms with E-state index >= 15 is 0 Å². The Morgan fingerprint density at radius 2 is 1.83 bits per heavy atom. The molecule has 0 saturated heterocycles. The molecule has 1 N–H and O–H groups in total. The molecule has 0 heterocycles. The molecule has 3 saturated carbocycles. The van der Waals surface area contributed by atoms with Gasteiger partial charge >= 0.3 is 0 Å². The lowest BCUT2D eigenvalue weighted by atomic mass is 9.47. The van der Waals surface area contributed by atoms with Gasteiger partial charge < -0.3 is 5.11 Å². The minimum absolute atomic E-state index is 0.0259. The molecule has 23 heavy (non-hydrogen) atoms. The standard InChI is InChI=1S/C20H27ClO2/c1-18-9-8-16(22)17(21)15(18)5-4-12-13(18)6-10-19(2)14(12)7-11-20(19,3)23/h8-9,12-14,23H,4-7,10-11H2,1-3H3/t12-,13+,14+,18-,19+,20+/m1/s1. The molecule has 3 fully saturated rings. The maximum Gasteiger partial charge on any atom is 0.196 e. The Morgan fingerprint density at radius 3 is 2.57 bits per heavy atom. The van der Waals surface area contributed by atoms with Crippen molar-refractivity contribution in [3.63, 3.8) is 0 Å². The van der Waals surface area contributed by atoms with Gasteiger partial charge in [-0.25, -0.2) is 0 Å². The number of carbonyl (C=O) groups excluding carboxylic acids is 1. The summed E-state index contributed by atoms with van der Waals surface area (Å²) in [6.45, 7) is 6.63. The number of carbonyl (C=O) groups is 1. The van der Waals surface area contributed by atoms with Gasteiger partial charge in [0.1, 0.15) is 0 Å². The quantitative estimate of drug-likeness (QED) is 0.702. The van der Waals surface area contributed by atoms with E-state index in [1.54, 1.807) is 6.08 Å². The first-order valence-corrected chi connectivity index (χ1v) is 9.43. The number of hydrogen-bond donors (Lipinski definition) is 1. The summed E-state index contributed by atoms with van der Waals surface area (Å²) in [7, 11) is 0. The van der Waals surface area contributed by atoms with Crippen LogP contribution in [0.25, 0.3) is 0 Å². The summed E-state index contributed by atoms with van der Waals surface area (Å²) in [6, 6.07) is 0. The van der Waals surface area contributed by atoms with E-state index < -0.39 is 5.60 Å². The zero-order chi connectivity index (χ0) is 16.6. The highest BCUT2D eigenvalue weighted by Gasteiger charge is 2.62. The fourth-order valence-electron chi connectivity index (χ4n) is 6.52. The molecule has 6 atom stereocenters. The number of halogens is 1. The maximum atomic E-state index is 12.0. The van der Waals surface area contributed by atoms with Gasteiger partial charge in [0, 0.05) is 5.41 Å². The van der Waals surface area contributed by atoms with Gasteiger partial charge in [-0.15, -0.1) is 0 Å². The summed E-state index contributed by atoms with van der Waals surface area (Å²) in [6.07, 6.45) is 10.1. The molecular weight excluding hydrogens is 308 g/mol. The van der Waals surface area contributed by atoms with Crippen molar-refractivity contribution >= 4 is 17.4 Å². The summed E-state index contributed by atoms with van der Waals surface area (Å²) in [5.41, 5.74) is 0.615. The first-order valence-electron chi connectivity index (χ1n) is 9.06. The second-order valence-corrected chi connectivity index (χ2v) is 9.33. The SMILES string of the molecule is C[C@]12C=CC(=O)C(Cl)=C1CC[C@@H]1[C@@H]2CC[C@@]2(C)[C@H]1CC[C@]2(C)O. The fourth-order valence-corrected chi connectivity index (χ4v) is 6.88. The van der Waals surface area contributed by atoms with Crippen molar-refractivity contribution in [3.05, 3.63) is 22.8 Å². The molecule has 4 aliphatic carbocycles. The van der Waals surface area contributed by atoms with E-state index in [-0.39, 0.29) is 16.6 Å². The highest BCUT2D eigenvalue weighted by molar-refractivity contribution is 6.45. The molecule has 4 aliphatic rings. The van der Waals surface area contributed by atoms with Gasteiger partial charge in [0.05, 0.1) is 10.6 Å². The van der Waals surface area contributed by atoms with E-state index in [2.05, 4.69) is 19.9 Å². The van der Waals surface area contributed by atoms with Crippen LogP contribution in [0.2, 0.25) is 0 Å². The number of ketones is 1. The second kappa shape index (κ2) is 4.73. The molecule has 0 amide bonds. The molecule has 0 aromatic rings. The van der Waals surface area contributed by atoms with Gasteiger partial charge in [-0.1, -0.05) is 31.5 Å². The van der Waals surface area contributed by atoms with E-state index in [1.165, 1.54) is 5.57 Å². The Balaban J connectivity index is 1.74. The summed E-state index contributed by atoms with van der Waals surface area (Å²) in [4.78, 5) is 12.0. The zero-order valence-electron chi connectivity index (χ0n) is 14.4. The van der Waals surface area contributed by atoms with Gasteiger partial charge in [0.2, 0.25) is 0 Å². The Kier molecular flexibility index (Phi) is 3.27.